The molecule has 0 aliphatic heterocycles. The summed E-state index contributed by atoms with van der Waals surface area (Å²) in [6.07, 6.45) is 0.552. The third kappa shape index (κ3) is 2.22. The van der Waals surface area contributed by atoms with Gasteiger partial charge in [-0.25, -0.2) is 4.98 Å². The number of hydrogen-bond acceptors (Lipinski definition) is 3. The summed E-state index contributed by atoms with van der Waals surface area (Å²) in [6.45, 7) is 5.92. The van der Waals surface area contributed by atoms with Crippen LogP contribution in [0, 0.1) is 20.8 Å². The van der Waals surface area contributed by atoms with Crippen LogP contribution < -0.4 is 0 Å². The van der Waals surface area contributed by atoms with E-state index in [0.29, 0.717) is 12.3 Å². The van der Waals surface area contributed by atoms with Crippen molar-refractivity contribution < 1.29 is 8.83 Å². The van der Waals surface area contributed by atoms with Gasteiger partial charge in [0.2, 0.25) is 0 Å². The third-order valence-electron chi connectivity index (χ3n) is 3.62. The van der Waals surface area contributed by atoms with Gasteiger partial charge in [-0.2, -0.15) is 0 Å². The van der Waals surface area contributed by atoms with E-state index in [9.17, 15) is 0 Å². The number of furan rings is 1. The topological polar surface area (TPSA) is 39.2 Å². The molecule has 0 aliphatic rings. The van der Waals surface area contributed by atoms with E-state index in [1.807, 2.05) is 45.0 Å². The molecular weight excluding hydrogens is 274 g/mol. The zero-order valence-electron chi connectivity index (χ0n) is 11.7. The van der Waals surface area contributed by atoms with Crippen molar-refractivity contribution >= 4 is 22.7 Å². The molecule has 2 heterocycles. The molecule has 0 radical (unpaired) electrons. The van der Waals surface area contributed by atoms with Crippen molar-refractivity contribution in [2.24, 2.45) is 0 Å². The summed E-state index contributed by atoms with van der Waals surface area (Å²) in [4.78, 5) is 4.46. The molecule has 3 nitrogen and oxygen atoms in total. The van der Waals surface area contributed by atoms with Crippen LogP contribution in [0.3, 0.4) is 0 Å². The fourth-order valence-corrected chi connectivity index (χ4v) is 2.98. The van der Waals surface area contributed by atoms with Gasteiger partial charge >= 0.3 is 0 Å². The Morgan fingerprint density at radius 1 is 1.10 bits per heavy atom. The first-order valence-corrected chi connectivity index (χ1v) is 7.05. The van der Waals surface area contributed by atoms with Gasteiger partial charge in [-0.05, 0) is 38.5 Å². The number of aromatic nitrogens is 1. The first-order chi connectivity index (χ1) is 9.56. The van der Waals surface area contributed by atoms with Crippen LogP contribution in [-0.2, 0) is 6.42 Å². The number of alkyl halides is 1. The quantitative estimate of drug-likeness (QED) is 0.646. The number of oxazole rings is 1. The van der Waals surface area contributed by atoms with Crippen LogP contribution >= 0.6 is 11.6 Å². The lowest BCUT2D eigenvalue weighted by molar-refractivity contribution is 0.495. The zero-order chi connectivity index (χ0) is 14.3. The third-order valence-corrected chi connectivity index (χ3v) is 4.00. The van der Waals surface area contributed by atoms with E-state index < -0.39 is 0 Å². The molecule has 0 N–H and O–H groups in total. The van der Waals surface area contributed by atoms with Crippen molar-refractivity contribution in [1.29, 1.82) is 0 Å². The van der Waals surface area contributed by atoms with Gasteiger partial charge in [0.1, 0.15) is 17.0 Å². The lowest BCUT2D eigenvalue weighted by atomic mass is 10.0. The maximum absolute atomic E-state index is 6.53. The van der Waals surface area contributed by atoms with Crippen molar-refractivity contribution in [3.63, 3.8) is 0 Å². The Labute approximate surface area is 122 Å². The molecule has 2 aromatic heterocycles. The highest BCUT2D eigenvalue weighted by Crippen LogP contribution is 2.33. The van der Waals surface area contributed by atoms with Crippen LogP contribution in [-0.4, -0.2) is 4.98 Å². The van der Waals surface area contributed by atoms with E-state index in [1.165, 1.54) is 0 Å². The molecule has 20 heavy (non-hydrogen) atoms. The largest absolute Gasteiger partial charge is 0.466 e. The van der Waals surface area contributed by atoms with Crippen molar-refractivity contribution in [3.8, 4) is 0 Å². The predicted octanol–water partition coefficient (Wildman–Crippen LogP) is 4.87. The van der Waals surface area contributed by atoms with E-state index in [2.05, 4.69) is 4.98 Å². The summed E-state index contributed by atoms with van der Waals surface area (Å²) >= 11 is 6.53. The highest BCUT2D eigenvalue weighted by molar-refractivity contribution is 6.21. The molecule has 0 saturated carbocycles. The van der Waals surface area contributed by atoms with Gasteiger partial charge in [0.05, 0.1) is 5.38 Å². The molecule has 1 atom stereocenters. The van der Waals surface area contributed by atoms with Gasteiger partial charge < -0.3 is 8.83 Å². The molecule has 0 fully saturated rings. The van der Waals surface area contributed by atoms with Crippen LogP contribution in [0.1, 0.15) is 33.9 Å². The van der Waals surface area contributed by atoms with Gasteiger partial charge in [0, 0.05) is 12.0 Å². The molecule has 4 heteroatoms. The Bertz CT molecular complexity index is 724. The molecule has 104 valence electrons. The standard InChI is InChI=1S/C16H16ClNO2/c1-9-10(2)19-11(3)16(9)12(17)8-15-18-13-6-4-5-7-14(13)20-15/h4-7,12H,8H2,1-3H3. The highest BCUT2D eigenvalue weighted by Gasteiger charge is 2.21. The van der Waals surface area contributed by atoms with E-state index in [0.717, 1.165) is 33.7 Å². The lowest BCUT2D eigenvalue weighted by Crippen LogP contribution is -1.98. The molecule has 0 spiro atoms. The molecule has 3 rings (SSSR count). The number of para-hydroxylation sites is 2. The Morgan fingerprint density at radius 2 is 1.85 bits per heavy atom. The molecule has 1 unspecified atom stereocenters. The molecule has 0 amide bonds. The Morgan fingerprint density at radius 3 is 2.50 bits per heavy atom. The minimum absolute atomic E-state index is 0.194. The number of benzene rings is 1. The smallest absolute Gasteiger partial charge is 0.197 e. The number of fused-ring (bicyclic) bond motifs is 1. The number of hydrogen-bond donors (Lipinski definition) is 0. The summed E-state index contributed by atoms with van der Waals surface area (Å²) in [5.41, 5.74) is 3.82. The summed E-state index contributed by atoms with van der Waals surface area (Å²) in [7, 11) is 0. The first kappa shape index (κ1) is 13.3. The summed E-state index contributed by atoms with van der Waals surface area (Å²) in [6, 6.07) is 7.72. The number of rotatable bonds is 3. The van der Waals surface area contributed by atoms with Crippen LogP contribution in [0.25, 0.3) is 11.1 Å². The normalized spacial score (nSPS) is 13.0. The number of halogens is 1. The first-order valence-electron chi connectivity index (χ1n) is 6.61. The second-order valence-electron chi connectivity index (χ2n) is 5.00. The monoisotopic (exact) mass is 289 g/mol. The molecule has 0 saturated heterocycles. The Balaban J connectivity index is 1.90. The molecule has 3 aromatic rings. The van der Waals surface area contributed by atoms with Gasteiger partial charge in [-0.3, -0.25) is 0 Å². The zero-order valence-corrected chi connectivity index (χ0v) is 12.5. The van der Waals surface area contributed by atoms with Crippen LogP contribution in [0.5, 0.6) is 0 Å². The van der Waals surface area contributed by atoms with Crippen molar-refractivity contribution in [1.82, 2.24) is 4.98 Å². The second kappa shape index (κ2) is 4.98. The SMILES string of the molecule is Cc1oc(C)c(C(Cl)Cc2nc3ccccc3o2)c1C. The Kier molecular flexibility index (Phi) is 3.30. The molecule has 0 aliphatic carbocycles. The van der Waals surface area contributed by atoms with Gasteiger partial charge in [0.25, 0.3) is 0 Å². The van der Waals surface area contributed by atoms with Crippen LogP contribution in [0.4, 0.5) is 0 Å². The number of aryl methyl sites for hydroxylation is 2. The minimum Gasteiger partial charge on any atom is -0.466 e. The minimum atomic E-state index is -0.194. The lowest BCUT2D eigenvalue weighted by Gasteiger charge is -2.07. The van der Waals surface area contributed by atoms with Gasteiger partial charge in [-0.1, -0.05) is 12.1 Å². The number of nitrogens with zero attached hydrogens (tertiary/aromatic N) is 1. The second-order valence-corrected chi connectivity index (χ2v) is 5.53. The predicted molar refractivity (Wildman–Crippen MR) is 79.2 cm³/mol. The maximum atomic E-state index is 6.53. The summed E-state index contributed by atoms with van der Waals surface area (Å²) in [5.74, 6) is 2.45. The summed E-state index contributed by atoms with van der Waals surface area (Å²) in [5, 5.41) is -0.194. The van der Waals surface area contributed by atoms with Crippen LogP contribution in [0.15, 0.2) is 33.1 Å². The van der Waals surface area contributed by atoms with Crippen LogP contribution in [0.2, 0.25) is 0 Å². The van der Waals surface area contributed by atoms with Gasteiger partial charge in [0.15, 0.2) is 11.5 Å². The van der Waals surface area contributed by atoms with E-state index >= 15 is 0 Å². The maximum Gasteiger partial charge on any atom is 0.197 e. The summed E-state index contributed by atoms with van der Waals surface area (Å²) < 4.78 is 11.3. The van der Waals surface area contributed by atoms with E-state index in [4.69, 9.17) is 20.4 Å². The fourth-order valence-electron chi connectivity index (χ4n) is 2.53. The van der Waals surface area contributed by atoms with Crippen molar-refractivity contribution in [3.05, 3.63) is 52.8 Å². The average molecular weight is 290 g/mol. The highest BCUT2D eigenvalue weighted by atomic mass is 35.5. The Hall–Kier alpha value is -1.74. The average Bonchev–Trinajstić information content (AvgIpc) is 2.90. The molecule has 1 aromatic carbocycles. The van der Waals surface area contributed by atoms with E-state index in [-0.39, 0.29) is 5.38 Å². The van der Waals surface area contributed by atoms with Gasteiger partial charge in [-0.15, -0.1) is 11.6 Å². The van der Waals surface area contributed by atoms with E-state index in [1.54, 1.807) is 0 Å². The van der Waals surface area contributed by atoms with Crippen molar-refractivity contribution in [2.45, 2.75) is 32.6 Å². The molecular formula is C16H16ClNO2. The van der Waals surface area contributed by atoms with Crippen molar-refractivity contribution in [2.75, 3.05) is 0 Å². The molecule has 0 bridgehead atoms. The fraction of sp³-hybridized carbons (Fsp3) is 0.312.